The van der Waals surface area contributed by atoms with Gasteiger partial charge >= 0.3 is 6.18 Å². The lowest BCUT2D eigenvalue weighted by molar-refractivity contribution is -0.149. The van der Waals surface area contributed by atoms with Crippen molar-refractivity contribution in [2.24, 2.45) is 0 Å². The molecule has 1 atom stereocenters. The first-order chi connectivity index (χ1) is 16.9. The van der Waals surface area contributed by atoms with E-state index >= 15 is 0 Å². The summed E-state index contributed by atoms with van der Waals surface area (Å²) in [5.41, 5.74) is 1.49. The summed E-state index contributed by atoms with van der Waals surface area (Å²) in [4.78, 5) is 13.6. The first-order valence-electron chi connectivity index (χ1n) is 10.9. The average molecular weight is 507 g/mol. The number of halogens is 5. The number of benzene rings is 1. The Kier molecular flexibility index (Phi) is 6.24. The number of anilines is 1. The van der Waals surface area contributed by atoms with Crippen LogP contribution in [0.1, 0.15) is 35.1 Å². The van der Waals surface area contributed by atoms with E-state index in [4.69, 9.17) is 0 Å². The Labute approximate surface area is 202 Å². The van der Waals surface area contributed by atoms with Gasteiger partial charge in [-0.05, 0) is 26.8 Å². The van der Waals surface area contributed by atoms with Gasteiger partial charge in [0.1, 0.15) is 23.2 Å². The van der Waals surface area contributed by atoms with E-state index in [9.17, 15) is 32.0 Å². The summed E-state index contributed by atoms with van der Waals surface area (Å²) in [6.07, 6.45) is -1.27. The van der Waals surface area contributed by atoms with Gasteiger partial charge in [0, 0.05) is 42.2 Å². The van der Waals surface area contributed by atoms with Crippen molar-refractivity contribution in [3.8, 4) is 17.2 Å². The first kappa shape index (κ1) is 25.2. The summed E-state index contributed by atoms with van der Waals surface area (Å²) >= 11 is 0. The molecule has 0 aliphatic carbocycles. The number of rotatable bonds is 6. The molecule has 13 heteroatoms. The van der Waals surface area contributed by atoms with Crippen LogP contribution < -0.4 is 10.2 Å². The van der Waals surface area contributed by atoms with Crippen molar-refractivity contribution < 1.29 is 26.7 Å². The molecule has 4 rings (SSSR count). The Hall–Kier alpha value is -3.95. The maximum atomic E-state index is 14.8. The zero-order chi connectivity index (χ0) is 26.4. The molecule has 8 nitrogen and oxygen atoms in total. The van der Waals surface area contributed by atoms with Gasteiger partial charge in [0.2, 0.25) is 0 Å². The highest BCUT2D eigenvalue weighted by atomic mass is 19.4. The minimum Gasteiger partial charge on any atom is -0.364 e. The van der Waals surface area contributed by atoms with E-state index in [-0.39, 0.29) is 25.2 Å². The van der Waals surface area contributed by atoms with E-state index in [1.54, 1.807) is 22.4 Å². The predicted octanol–water partition coefficient (Wildman–Crippen LogP) is 3.98. The van der Waals surface area contributed by atoms with Crippen LogP contribution in [0.25, 0.3) is 11.1 Å². The molecule has 3 heterocycles. The fraction of sp³-hybridized carbons (Fsp3) is 0.391. The molecule has 1 fully saturated rings. The third kappa shape index (κ3) is 4.38. The van der Waals surface area contributed by atoms with Gasteiger partial charge in [-0.2, -0.15) is 28.6 Å². The summed E-state index contributed by atoms with van der Waals surface area (Å²) in [6.45, 7) is 4.66. The van der Waals surface area contributed by atoms with E-state index in [1.807, 2.05) is 13.8 Å². The number of alkyl halides is 3. The third-order valence-corrected chi connectivity index (χ3v) is 6.32. The van der Waals surface area contributed by atoms with Crippen molar-refractivity contribution in [1.82, 2.24) is 25.3 Å². The highest BCUT2D eigenvalue weighted by Crippen LogP contribution is 2.39. The lowest BCUT2D eigenvalue weighted by atomic mass is 9.86. The lowest BCUT2D eigenvalue weighted by Crippen LogP contribution is -2.63. The van der Waals surface area contributed by atoms with Crippen molar-refractivity contribution in [3.05, 3.63) is 53.1 Å². The molecule has 0 radical (unpaired) electrons. The SMILES string of the molecule is Cc1n[nH]c(C)c1-c1cnn(C2(CC#N)CN(c3cc(F)c(C(=O)N[C@H](C)C(F)(F)F)cc3F)C2)c1. The number of aromatic nitrogens is 4. The van der Waals surface area contributed by atoms with Gasteiger partial charge in [-0.25, -0.2) is 8.78 Å². The molecule has 0 bridgehead atoms. The van der Waals surface area contributed by atoms with Crippen LogP contribution in [0.3, 0.4) is 0 Å². The standard InChI is InChI=1S/C23H22F5N7O/c1-12-20(13(2)33-32-12)15-8-30-35(9-15)22(4-5-29)10-34(11-22)19-7-17(24)16(6-18(19)25)21(36)31-14(3)23(26,27)28/h6-9,14H,4,10-11H2,1-3H3,(H,31,36)(H,32,33)/t14-/m1/s1. The Balaban J connectivity index is 1.55. The number of hydrogen-bond donors (Lipinski definition) is 2. The van der Waals surface area contributed by atoms with Crippen LogP contribution in [0.2, 0.25) is 0 Å². The highest BCUT2D eigenvalue weighted by molar-refractivity contribution is 5.95. The summed E-state index contributed by atoms with van der Waals surface area (Å²) in [5.74, 6) is -3.51. The van der Waals surface area contributed by atoms with Gasteiger partial charge in [0.25, 0.3) is 5.91 Å². The fourth-order valence-electron chi connectivity index (χ4n) is 4.32. The van der Waals surface area contributed by atoms with Crippen LogP contribution >= 0.6 is 0 Å². The Morgan fingerprint density at radius 2 is 1.97 bits per heavy atom. The Morgan fingerprint density at radius 3 is 2.56 bits per heavy atom. The Morgan fingerprint density at radius 1 is 1.28 bits per heavy atom. The van der Waals surface area contributed by atoms with Crippen LogP contribution in [-0.2, 0) is 5.54 Å². The van der Waals surface area contributed by atoms with Crippen LogP contribution in [0, 0.1) is 36.8 Å². The maximum Gasteiger partial charge on any atom is 0.408 e. The number of nitrogens with zero attached hydrogens (tertiary/aromatic N) is 5. The number of carbonyl (C=O) groups excluding carboxylic acids is 1. The molecule has 0 spiro atoms. The molecular weight excluding hydrogens is 485 g/mol. The van der Waals surface area contributed by atoms with Crippen LogP contribution in [0.5, 0.6) is 0 Å². The quantitative estimate of drug-likeness (QED) is 0.492. The van der Waals surface area contributed by atoms with Gasteiger partial charge in [-0.1, -0.05) is 0 Å². The van der Waals surface area contributed by atoms with Crippen molar-refractivity contribution in [3.63, 3.8) is 0 Å². The molecule has 2 N–H and O–H groups in total. The van der Waals surface area contributed by atoms with Crippen molar-refractivity contribution in [2.45, 2.75) is 44.9 Å². The fourth-order valence-corrected chi connectivity index (χ4v) is 4.32. The largest absolute Gasteiger partial charge is 0.408 e. The number of hydrogen-bond acceptors (Lipinski definition) is 5. The minimum absolute atomic E-state index is 0.0495. The van der Waals surface area contributed by atoms with E-state index in [0.717, 1.165) is 28.6 Å². The zero-order valence-corrected chi connectivity index (χ0v) is 19.5. The second kappa shape index (κ2) is 8.92. The van der Waals surface area contributed by atoms with Crippen LogP contribution in [-0.4, -0.2) is 51.2 Å². The summed E-state index contributed by atoms with van der Waals surface area (Å²) in [6, 6.07) is 1.22. The average Bonchev–Trinajstić information content (AvgIpc) is 3.37. The molecule has 1 aliphatic heterocycles. The number of amides is 1. The highest BCUT2D eigenvalue weighted by Gasteiger charge is 2.47. The van der Waals surface area contributed by atoms with Crippen molar-refractivity contribution >= 4 is 11.6 Å². The van der Waals surface area contributed by atoms with Crippen LogP contribution in [0.4, 0.5) is 27.6 Å². The summed E-state index contributed by atoms with van der Waals surface area (Å²) in [5, 5.41) is 22.5. The van der Waals surface area contributed by atoms with Crippen molar-refractivity contribution in [2.75, 3.05) is 18.0 Å². The molecule has 1 amide bonds. The van der Waals surface area contributed by atoms with Gasteiger partial charge in [-0.3, -0.25) is 14.6 Å². The number of nitrogens with one attached hydrogen (secondary N) is 2. The molecule has 1 saturated heterocycles. The summed E-state index contributed by atoms with van der Waals surface area (Å²) < 4.78 is 69.2. The molecule has 3 aromatic rings. The number of H-pyrrole nitrogens is 1. The number of aromatic amines is 1. The van der Waals surface area contributed by atoms with E-state index in [0.29, 0.717) is 13.0 Å². The second-order valence-corrected chi connectivity index (χ2v) is 8.92. The normalized spacial score (nSPS) is 15.8. The minimum atomic E-state index is -4.73. The van der Waals surface area contributed by atoms with Gasteiger partial charge in [0.15, 0.2) is 0 Å². The smallest absolute Gasteiger partial charge is 0.364 e. The Bertz CT molecular complexity index is 1330. The monoisotopic (exact) mass is 507 g/mol. The molecule has 36 heavy (non-hydrogen) atoms. The van der Waals surface area contributed by atoms with Crippen LogP contribution in [0.15, 0.2) is 24.5 Å². The molecule has 0 saturated carbocycles. The topological polar surface area (TPSA) is 103 Å². The van der Waals surface area contributed by atoms with E-state index in [1.165, 1.54) is 4.90 Å². The molecule has 0 unspecified atom stereocenters. The third-order valence-electron chi connectivity index (χ3n) is 6.32. The number of aryl methyl sites for hydroxylation is 2. The maximum absolute atomic E-state index is 14.8. The molecular formula is C23H22F5N7O. The summed E-state index contributed by atoms with van der Waals surface area (Å²) in [7, 11) is 0. The number of nitriles is 1. The first-order valence-corrected chi connectivity index (χ1v) is 10.9. The van der Waals surface area contributed by atoms with Gasteiger partial charge in [-0.15, -0.1) is 0 Å². The van der Waals surface area contributed by atoms with Gasteiger partial charge in [0.05, 0.1) is 35.6 Å². The molecule has 2 aromatic heterocycles. The van der Waals surface area contributed by atoms with E-state index in [2.05, 4.69) is 21.4 Å². The zero-order valence-electron chi connectivity index (χ0n) is 19.5. The van der Waals surface area contributed by atoms with E-state index < -0.39 is 40.9 Å². The molecule has 1 aromatic carbocycles. The number of carbonyl (C=O) groups is 1. The molecule has 1 aliphatic rings. The molecule has 190 valence electrons. The second-order valence-electron chi connectivity index (χ2n) is 8.92. The predicted molar refractivity (Wildman–Crippen MR) is 119 cm³/mol. The van der Waals surface area contributed by atoms with Crippen molar-refractivity contribution in [1.29, 1.82) is 5.26 Å². The lowest BCUT2D eigenvalue weighted by Gasteiger charge is -2.50. The van der Waals surface area contributed by atoms with Gasteiger partial charge < -0.3 is 10.2 Å².